The van der Waals surface area contributed by atoms with Gasteiger partial charge in [0.1, 0.15) is 93.8 Å². The summed E-state index contributed by atoms with van der Waals surface area (Å²) in [6.07, 6.45) is -2.92. The molecule has 32 heteroatoms. The molecule has 2 aliphatic heterocycles. The molecule has 26 nitrogen and oxygen atoms in total. The smallest absolute Gasteiger partial charge is 0.306 e. The highest BCUT2D eigenvalue weighted by Crippen LogP contribution is 2.43. The average molecular weight is 1370 g/mol. The molecule has 12 rings (SSSR count). The minimum Gasteiger partial charge on any atom is -0.508 e. The summed E-state index contributed by atoms with van der Waals surface area (Å²) in [5.74, 6) is -9.08. The van der Waals surface area contributed by atoms with Crippen molar-refractivity contribution in [3.63, 3.8) is 0 Å². The number of aliphatic hydroxyl groups is 2. The maximum absolute atomic E-state index is 15.2. The number of carbonyl (C=O) groups is 8. The zero-order valence-corrected chi connectivity index (χ0v) is 53.8. The Hall–Kier alpha value is -9.15. The summed E-state index contributed by atoms with van der Waals surface area (Å²) in [6.45, 7) is 3.29. The number of pyridine rings is 1. The molecule has 9 heterocycles. The normalized spacial score (nSPS) is 22.2. The molecule has 10 bridgehead atoms. The summed E-state index contributed by atoms with van der Waals surface area (Å²) < 4.78 is 0. The van der Waals surface area contributed by atoms with Gasteiger partial charge in [-0.15, -0.1) is 68.0 Å². The van der Waals surface area contributed by atoms with Crippen LogP contribution < -0.4 is 27.0 Å². The lowest BCUT2D eigenvalue weighted by Crippen LogP contribution is -2.50. The third kappa shape index (κ3) is 13.7. The first kappa shape index (κ1) is 64.0. The van der Waals surface area contributed by atoms with Crippen molar-refractivity contribution in [3.05, 3.63) is 147 Å². The zero-order chi connectivity index (χ0) is 65.5. The Morgan fingerprint density at radius 2 is 1.28 bits per heavy atom. The van der Waals surface area contributed by atoms with Crippen LogP contribution in [0.25, 0.3) is 43.4 Å². The standard InChI is InChI=1S/C61H55N13O13S6/c1-25-42(76)19-74-47(25)58-71-41(24-92-58)55-67-37(20-89-55)45-33(12-13-34(64-45)54-69-38(22-90-54)49(79)63-31-16-29(60(84)85)15-30(17-31)61(86)87)53-68-39(21-88-53)50(80)65-35(18-43(62)77)56-73-44(26(2)93-56)52(82)72-46(48(78)28-6-4-3-5-7-28)57-70-40(23-91-57)51(81)66-36(59(74)83)14-27-8-10-32(75)11-9-27/h3-13,20-25,29-31,35-36,42,46-48,75-76,78H,14-19H2,1-2H3,(H2,62,77)(H,63,79)(H,65,80)(H,66,81)(H,72,82)(H,84,85)(H,86,87)/t25-,29-,30+,31?,35-,36-,42-,46-,47-,48+/m0/s1. The Kier molecular flexibility index (Phi) is 18.5. The predicted octanol–water partition coefficient (Wildman–Crippen LogP) is 6.97. The van der Waals surface area contributed by atoms with E-state index in [2.05, 4.69) is 36.2 Å². The van der Waals surface area contributed by atoms with Gasteiger partial charge < -0.3 is 57.4 Å². The number of benzene rings is 2. The lowest BCUT2D eigenvalue weighted by Gasteiger charge is -2.31. The fraction of sp³-hybridized carbons (Fsp3) is 0.295. The molecule has 7 aromatic heterocycles. The highest BCUT2D eigenvalue weighted by Gasteiger charge is 2.46. The fourth-order valence-electron chi connectivity index (χ4n) is 11.4. The van der Waals surface area contributed by atoms with Gasteiger partial charge in [-0.25, -0.2) is 34.9 Å². The van der Waals surface area contributed by atoms with Crippen LogP contribution in [0.1, 0.15) is 130 Å². The van der Waals surface area contributed by atoms with Crippen molar-refractivity contribution < 1.29 is 63.9 Å². The molecule has 0 spiro atoms. The number of carbonyl (C=O) groups excluding carboxylic acids is 6. The third-order valence-corrected chi connectivity index (χ3v) is 21.7. The second-order valence-corrected chi connectivity index (χ2v) is 28.1. The summed E-state index contributed by atoms with van der Waals surface area (Å²) in [5.41, 5.74) is 8.13. The Morgan fingerprint density at radius 3 is 2.00 bits per heavy atom. The van der Waals surface area contributed by atoms with Crippen molar-refractivity contribution >= 4 is 115 Å². The van der Waals surface area contributed by atoms with Gasteiger partial charge in [0.05, 0.1) is 42.1 Å². The van der Waals surface area contributed by atoms with Crippen LogP contribution in [0, 0.1) is 24.7 Å². The molecule has 11 N–H and O–H groups in total. The second-order valence-electron chi connectivity index (χ2n) is 22.5. The maximum Gasteiger partial charge on any atom is 0.306 e. The second kappa shape index (κ2) is 26.8. The number of primary amides is 1. The van der Waals surface area contributed by atoms with Crippen LogP contribution in [0.3, 0.4) is 0 Å². The molecule has 93 heavy (non-hydrogen) atoms. The van der Waals surface area contributed by atoms with E-state index in [1.165, 1.54) is 55.8 Å². The largest absolute Gasteiger partial charge is 0.508 e. The van der Waals surface area contributed by atoms with Crippen LogP contribution in [0.15, 0.2) is 93.6 Å². The van der Waals surface area contributed by atoms with Gasteiger partial charge in [-0.1, -0.05) is 49.4 Å². The number of nitrogens with two attached hydrogens (primary N) is 1. The Bertz CT molecular complexity index is 4350. The first-order valence-electron chi connectivity index (χ1n) is 28.9. The number of aliphatic carboxylic acids is 2. The monoisotopic (exact) mass is 1370 g/mol. The van der Waals surface area contributed by atoms with Crippen molar-refractivity contribution in [1.82, 2.24) is 61.1 Å². The van der Waals surface area contributed by atoms with Crippen molar-refractivity contribution in [2.24, 2.45) is 23.5 Å². The summed E-state index contributed by atoms with van der Waals surface area (Å²) in [4.78, 5) is 144. The molecule has 1 saturated carbocycles. The molecule has 0 radical (unpaired) electrons. The van der Waals surface area contributed by atoms with Gasteiger partial charge in [0.25, 0.3) is 23.6 Å². The van der Waals surface area contributed by atoms with Crippen LogP contribution in [-0.2, 0) is 25.6 Å². The summed E-state index contributed by atoms with van der Waals surface area (Å²) in [6, 6.07) is 12.7. The number of phenols is 1. The minimum atomic E-state index is -1.43. The Balaban J connectivity index is 0.930. The molecular formula is C61H55N13O13S6. The van der Waals surface area contributed by atoms with Crippen molar-refractivity contribution in [1.29, 1.82) is 0 Å². The summed E-state index contributed by atoms with van der Waals surface area (Å²) >= 11 is 6.65. The van der Waals surface area contributed by atoms with E-state index < -0.39 is 114 Å². The third-order valence-electron chi connectivity index (χ3n) is 16.2. The molecule has 2 fully saturated rings. The first-order valence-corrected chi connectivity index (χ1v) is 34.1. The molecule has 1 unspecified atom stereocenters. The molecule has 1 saturated heterocycles. The van der Waals surface area contributed by atoms with Crippen LogP contribution in [0.2, 0.25) is 0 Å². The van der Waals surface area contributed by atoms with E-state index in [-0.39, 0.29) is 76.5 Å². The summed E-state index contributed by atoms with van der Waals surface area (Å²) in [7, 11) is 0. The minimum absolute atomic E-state index is 0.0164. The van der Waals surface area contributed by atoms with Gasteiger partial charge in [0.2, 0.25) is 11.8 Å². The van der Waals surface area contributed by atoms with E-state index in [1.807, 2.05) is 0 Å². The van der Waals surface area contributed by atoms with Crippen molar-refractivity contribution in [2.45, 2.75) is 88.4 Å². The average Bonchev–Trinajstić information content (AvgIpc) is 1.66. The SMILES string of the molecule is Cc1sc2nc1C(=O)N[C@@H]([C@H](O)c1ccccc1)c1nc(cs1)C(=O)N[C@@H](Cc1ccc(O)cc1)C(=O)N1C[C@H](O)[C@H](C)[C@H]1c1nc(cs1)-c1nc(cs1)-c1nc(-c3nc(C(=O)NC4C[C@@H](C(=O)O)C[C@@H](C(=O)O)C4)cs3)ccc1-c1nc(cs1)C(=O)N[C@H]2CC(N)=O. The van der Waals surface area contributed by atoms with E-state index in [4.69, 9.17) is 25.7 Å². The van der Waals surface area contributed by atoms with E-state index in [0.29, 0.717) is 58.7 Å². The van der Waals surface area contributed by atoms with Gasteiger partial charge in [-0.2, -0.15) is 0 Å². The number of aromatic nitrogens is 7. The maximum atomic E-state index is 15.2. The number of amides is 6. The molecule has 9 aromatic rings. The number of nitrogens with zero attached hydrogens (tertiary/aromatic N) is 8. The number of rotatable bonds is 11. The number of thiazole rings is 6. The number of aliphatic hydroxyl groups excluding tert-OH is 2. The molecule has 2 aromatic carbocycles. The molecule has 6 amide bonds. The predicted molar refractivity (Wildman–Crippen MR) is 343 cm³/mol. The molecule has 1 aliphatic carbocycles. The number of phenolic OH excluding ortho intramolecular Hbond substituents is 1. The van der Waals surface area contributed by atoms with Crippen molar-refractivity contribution in [3.8, 4) is 49.1 Å². The number of aromatic hydroxyl groups is 1. The Morgan fingerprint density at radius 1 is 0.656 bits per heavy atom. The van der Waals surface area contributed by atoms with Gasteiger partial charge in [-0.3, -0.25) is 38.4 Å². The molecule has 3 aliphatic rings. The molecule has 10 atom stereocenters. The number of hydrogen-bond acceptors (Lipinski definition) is 24. The zero-order valence-electron chi connectivity index (χ0n) is 48.9. The van der Waals surface area contributed by atoms with E-state index in [1.54, 1.807) is 79.2 Å². The number of nitrogens with one attached hydrogen (secondary N) is 4. The number of carboxylic acids is 2. The van der Waals surface area contributed by atoms with Gasteiger partial charge in [0.15, 0.2) is 0 Å². The van der Waals surface area contributed by atoms with E-state index >= 15 is 4.79 Å². The number of carboxylic acid groups (broad SMARTS) is 2. The van der Waals surface area contributed by atoms with Crippen LogP contribution >= 0.6 is 68.0 Å². The summed E-state index contributed by atoms with van der Waals surface area (Å²) in [5, 5.41) is 74.2. The quantitative estimate of drug-likeness (QED) is 0.0624. The highest BCUT2D eigenvalue weighted by atomic mass is 32.1. The van der Waals surface area contributed by atoms with Gasteiger partial charge >= 0.3 is 11.9 Å². The number of fused-ring (bicyclic) bond motifs is 16. The van der Waals surface area contributed by atoms with Gasteiger partial charge in [0, 0.05) is 62.3 Å². The highest BCUT2D eigenvalue weighted by molar-refractivity contribution is 7.15. The van der Waals surface area contributed by atoms with Crippen LogP contribution in [0.4, 0.5) is 0 Å². The molecular weight excluding hydrogens is 1320 g/mol. The van der Waals surface area contributed by atoms with Gasteiger partial charge in [-0.05, 0) is 61.6 Å². The van der Waals surface area contributed by atoms with Crippen molar-refractivity contribution in [2.75, 3.05) is 6.54 Å². The number of hydrogen-bond donors (Lipinski definition) is 10. The van der Waals surface area contributed by atoms with Crippen LogP contribution in [-0.4, -0.2) is 137 Å². The first-order chi connectivity index (χ1) is 44.6. The molecule has 478 valence electrons. The lowest BCUT2D eigenvalue weighted by molar-refractivity contribution is -0.148. The van der Waals surface area contributed by atoms with Crippen LogP contribution in [0.5, 0.6) is 5.75 Å². The number of aryl methyl sites for hydroxylation is 1. The lowest BCUT2D eigenvalue weighted by atomic mass is 9.78. The van der Waals surface area contributed by atoms with E-state index in [9.17, 15) is 59.1 Å². The topological polar surface area (TPSA) is 405 Å². The van der Waals surface area contributed by atoms with E-state index in [0.717, 1.165) is 45.3 Å². The Labute approximate surface area is 551 Å². The fourth-order valence-corrected chi connectivity index (χ4v) is 16.7.